The number of hydrogen-bond donors (Lipinski definition) is 1. The maximum absolute atomic E-state index is 16.0. The molecule has 0 aromatic carbocycles. The lowest BCUT2D eigenvalue weighted by Crippen LogP contribution is -2.63. The van der Waals surface area contributed by atoms with Crippen molar-refractivity contribution in [2.24, 2.45) is 0 Å². The van der Waals surface area contributed by atoms with E-state index < -0.39 is 66.1 Å². The number of nitrogens with zero attached hydrogens (tertiary/aromatic N) is 1. The summed E-state index contributed by atoms with van der Waals surface area (Å²) >= 11 is 0. The van der Waals surface area contributed by atoms with Crippen LogP contribution in [-0.2, 0) is 35.1 Å². The summed E-state index contributed by atoms with van der Waals surface area (Å²) in [6, 6.07) is 0. The Kier molecular flexibility index (Phi) is 6.67. The minimum Gasteiger partial charge on any atom is -0.456 e. The molecule has 0 spiro atoms. The van der Waals surface area contributed by atoms with Gasteiger partial charge in [0.05, 0.1) is 12.8 Å². The van der Waals surface area contributed by atoms with Crippen LogP contribution in [-0.4, -0.2) is 59.4 Å². The molecule has 2 heterocycles. The topological polar surface area (TPSA) is 126 Å². The number of alkyl halides is 1. The van der Waals surface area contributed by atoms with Crippen molar-refractivity contribution in [1.29, 1.82) is 0 Å². The van der Waals surface area contributed by atoms with Crippen molar-refractivity contribution in [3.05, 3.63) is 32.9 Å². The summed E-state index contributed by atoms with van der Waals surface area (Å²) in [5.74, 6) is -2.82. The molecule has 0 aliphatic carbocycles. The third-order valence-corrected chi connectivity index (χ3v) is 4.14. The first-order chi connectivity index (χ1) is 13.1. The van der Waals surface area contributed by atoms with Gasteiger partial charge in [-0.05, 0) is 0 Å². The molecule has 1 N–H and O–H groups in total. The summed E-state index contributed by atoms with van der Waals surface area (Å²) in [5.41, 5.74) is -4.72. The standard InChI is InChI=1S/C16H20F2N2O8/c1-8(21)27-11-7-26-14(25-3)16(18,12(11)28-9(2)22)4-5-20-6-10(17)13(23)19-15(20)24/h6,11-12,14H,4-5,7H2,1-3H3,(H,19,23,24)/t11-,12-,14+,16-/m1/s1. The lowest BCUT2D eigenvalue weighted by atomic mass is 9.87. The number of H-pyrrole nitrogens is 1. The van der Waals surface area contributed by atoms with Crippen molar-refractivity contribution in [1.82, 2.24) is 9.55 Å². The molecule has 0 radical (unpaired) electrons. The molecule has 2 rings (SSSR count). The predicted molar refractivity (Wildman–Crippen MR) is 87.6 cm³/mol. The van der Waals surface area contributed by atoms with Gasteiger partial charge in [0.15, 0.2) is 18.5 Å². The van der Waals surface area contributed by atoms with Crippen molar-refractivity contribution < 1.29 is 37.3 Å². The number of ether oxygens (including phenoxy) is 4. The number of aryl methyl sites for hydroxylation is 1. The predicted octanol–water partition coefficient (Wildman–Crippen LogP) is -0.360. The van der Waals surface area contributed by atoms with E-state index in [0.717, 1.165) is 25.5 Å². The second-order valence-electron chi connectivity index (χ2n) is 6.19. The van der Waals surface area contributed by atoms with E-state index in [0.29, 0.717) is 6.20 Å². The molecule has 1 aliphatic rings. The molecule has 0 amide bonds. The van der Waals surface area contributed by atoms with Crippen LogP contribution < -0.4 is 11.2 Å². The Morgan fingerprint density at radius 3 is 2.54 bits per heavy atom. The Labute approximate surface area is 157 Å². The van der Waals surface area contributed by atoms with Gasteiger partial charge in [0.1, 0.15) is 0 Å². The van der Waals surface area contributed by atoms with Crippen LogP contribution in [0.2, 0.25) is 0 Å². The van der Waals surface area contributed by atoms with Crippen LogP contribution in [0.4, 0.5) is 8.78 Å². The highest BCUT2D eigenvalue weighted by Crippen LogP contribution is 2.37. The zero-order valence-corrected chi connectivity index (χ0v) is 15.4. The Hall–Kier alpha value is -2.60. The third kappa shape index (κ3) is 4.62. The van der Waals surface area contributed by atoms with Gasteiger partial charge in [0.25, 0.3) is 5.56 Å². The summed E-state index contributed by atoms with van der Waals surface area (Å²) in [6.07, 6.45) is -4.31. The maximum Gasteiger partial charge on any atom is 0.328 e. The van der Waals surface area contributed by atoms with Gasteiger partial charge in [-0.3, -0.25) is 23.9 Å². The minimum atomic E-state index is -2.55. The van der Waals surface area contributed by atoms with Gasteiger partial charge in [-0.2, -0.15) is 4.39 Å². The van der Waals surface area contributed by atoms with E-state index in [1.54, 1.807) is 4.98 Å². The fourth-order valence-electron chi connectivity index (χ4n) is 2.98. The molecule has 28 heavy (non-hydrogen) atoms. The first-order valence-electron chi connectivity index (χ1n) is 8.25. The van der Waals surface area contributed by atoms with Crippen LogP contribution in [0.25, 0.3) is 0 Å². The normalized spacial score (nSPS) is 27.2. The number of rotatable bonds is 6. The van der Waals surface area contributed by atoms with Crippen LogP contribution in [0.5, 0.6) is 0 Å². The third-order valence-electron chi connectivity index (χ3n) is 4.14. The molecular weight excluding hydrogens is 386 g/mol. The molecule has 10 nitrogen and oxygen atoms in total. The number of carbonyl (C=O) groups excluding carboxylic acids is 2. The molecule has 1 fully saturated rings. The molecule has 0 unspecified atom stereocenters. The fourth-order valence-corrected chi connectivity index (χ4v) is 2.98. The van der Waals surface area contributed by atoms with E-state index in [4.69, 9.17) is 18.9 Å². The lowest BCUT2D eigenvalue weighted by Gasteiger charge is -2.44. The van der Waals surface area contributed by atoms with Gasteiger partial charge in [-0.1, -0.05) is 0 Å². The van der Waals surface area contributed by atoms with Crippen molar-refractivity contribution in [3.8, 4) is 0 Å². The highest BCUT2D eigenvalue weighted by atomic mass is 19.1. The number of aromatic amines is 1. The number of carbonyl (C=O) groups is 2. The van der Waals surface area contributed by atoms with Crippen LogP contribution in [0.3, 0.4) is 0 Å². The molecule has 156 valence electrons. The molecular formula is C16H20F2N2O8. The summed E-state index contributed by atoms with van der Waals surface area (Å²) in [7, 11) is 1.15. The average Bonchev–Trinajstić information content (AvgIpc) is 2.60. The van der Waals surface area contributed by atoms with E-state index in [1.807, 2.05) is 0 Å². The smallest absolute Gasteiger partial charge is 0.328 e. The van der Waals surface area contributed by atoms with Crippen molar-refractivity contribution in [2.75, 3.05) is 13.7 Å². The van der Waals surface area contributed by atoms with Gasteiger partial charge >= 0.3 is 17.6 Å². The second kappa shape index (κ2) is 8.61. The van der Waals surface area contributed by atoms with Gasteiger partial charge < -0.3 is 18.9 Å². The van der Waals surface area contributed by atoms with Crippen molar-refractivity contribution in [3.63, 3.8) is 0 Å². The number of esters is 2. The van der Waals surface area contributed by atoms with E-state index in [-0.39, 0.29) is 6.61 Å². The molecule has 1 saturated heterocycles. The summed E-state index contributed by atoms with van der Waals surface area (Å²) in [6.45, 7) is 1.42. The Morgan fingerprint density at radius 1 is 1.32 bits per heavy atom. The Bertz CT molecular complexity index is 854. The molecule has 12 heteroatoms. The highest BCUT2D eigenvalue weighted by Gasteiger charge is 2.57. The van der Waals surface area contributed by atoms with Crippen LogP contribution in [0, 0.1) is 5.82 Å². The minimum absolute atomic E-state index is 0.297. The van der Waals surface area contributed by atoms with E-state index in [1.165, 1.54) is 0 Å². The SMILES string of the molecule is CO[C@H]1OC[C@@H](OC(C)=O)[C@@H](OC(C)=O)[C@]1(F)CCn1cc(F)c(=O)[nH]c1=O. The van der Waals surface area contributed by atoms with Gasteiger partial charge in [0.2, 0.25) is 11.5 Å². The van der Waals surface area contributed by atoms with E-state index in [9.17, 15) is 23.6 Å². The monoisotopic (exact) mass is 406 g/mol. The van der Waals surface area contributed by atoms with E-state index in [2.05, 4.69) is 0 Å². The molecule has 1 aromatic rings. The van der Waals surface area contributed by atoms with Gasteiger partial charge in [0, 0.05) is 33.9 Å². The second-order valence-corrected chi connectivity index (χ2v) is 6.19. The highest BCUT2D eigenvalue weighted by molar-refractivity contribution is 5.67. The quantitative estimate of drug-likeness (QED) is 0.635. The Morgan fingerprint density at radius 2 is 1.96 bits per heavy atom. The summed E-state index contributed by atoms with van der Waals surface area (Å²) < 4.78 is 50.4. The summed E-state index contributed by atoms with van der Waals surface area (Å²) in [4.78, 5) is 47.4. The molecule has 0 bridgehead atoms. The number of aromatic nitrogens is 2. The molecule has 4 atom stereocenters. The lowest BCUT2D eigenvalue weighted by molar-refractivity contribution is -0.293. The largest absolute Gasteiger partial charge is 0.456 e. The number of nitrogens with one attached hydrogen (secondary N) is 1. The van der Waals surface area contributed by atoms with Crippen LogP contribution in [0.15, 0.2) is 15.8 Å². The van der Waals surface area contributed by atoms with Crippen LogP contribution in [0.1, 0.15) is 20.3 Å². The van der Waals surface area contributed by atoms with Gasteiger partial charge in [-0.25, -0.2) is 9.18 Å². The Balaban J connectivity index is 2.36. The first kappa shape index (κ1) is 21.7. The summed E-state index contributed by atoms with van der Waals surface area (Å²) in [5, 5.41) is 0. The number of hydrogen-bond acceptors (Lipinski definition) is 8. The number of halogens is 2. The van der Waals surface area contributed by atoms with Gasteiger partial charge in [-0.15, -0.1) is 0 Å². The van der Waals surface area contributed by atoms with Crippen molar-refractivity contribution >= 4 is 11.9 Å². The fraction of sp³-hybridized carbons (Fsp3) is 0.625. The van der Waals surface area contributed by atoms with E-state index >= 15 is 4.39 Å². The first-order valence-corrected chi connectivity index (χ1v) is 8.25. The molecule has 1 aromatic heterocycles. The zero-order chi connectivity index (χ0) is 21.1. The molecule has 1 aliphatic heterocycles. The van der Waals surface area contributed by atoms with Crippen LogP contribution >= 0.6 is 0 Å². The molecule has 0 saturated carbocycles. The zero-order valence-electron chi connectivity index (χ0n) is 15.4. The average molecular weight is 406 g/mol. The maximum atomic E-state index is 16.0. The van der Waals surface area contributed by atoms with Crippen molar-refractivity contribution in [2.45, 2.75) is 51.0 Å². The number of methoxy groups -OCH3 is 1.